The lowest BCUT2D eigenvalue weighted by Crippen LogP contribution is -2.27. The van der Waals surface area contributed by atoms with E-state index in [1.807, 2.05) is 7.05 Å². The molecule has 0 unspecified atom stereocenters. The Hall–Kier alpha value is -2.28. The van der Waals surface area contributed by atoms with Crippen LogP contribution in [0.2, 0.25) is 0 Å². The number of aliphatic carboxylic acids is 2. The fourth-order valence-electron chi connectivity index (χ4n) is 2.17. The average Bonchev–Trinajstić information content (AvgIpc) is 2.44. The number of nitrogens with one attached hydrogen (secondary N) is 1. The zero-order chi connectivity index (χ0) is 16.0. The summed E-state index contributed by atoms with van der Waals surface area (Å²) in [6.07, 6.45) is 1.14. The summed E-state index contributed by atoms with van der Waals surface area (Å²) in [5.41, 5.74) is 2.77. The summed E-state index contributed by atoms with van der Waals surface area (Å²) in [5, 5.41) is 18.0. The van der Waals surface area contributed by atoms with Gasteiger partial charge in [0.05, 0.1) is 14.2 Å². The minimum Gasteiger partial charge on any atom is -0.493 e. The molecule has 7 heteroatoms. The second-order valence-corrected chi connectivity index (χ2v) is 4.48. The molecule has 0 aromatic heterocycles. The van der Waals surface area contributed by atoms with Gasteiger partial charge < -0.3 is 25.0 Å². The van der Waals surface area contributed by atoms with E-state index in [9.17, 15) is 0 Å². The molecule has 0 radical (unpaired) electrons. The monoisotopic (exact) mass is 297 g/mol. The fraction of sp³-hybridized carbons (Fsp3) is 0.429. The molecule has 1 aliphatic carbocycles. The summed E-state index contributed by atoms with van der Waals surface area (Å²) in [6, 6.07) is 4.18. The maximum Gasteiger partial charge on any atom is 0.414 e. The molecule has 0 bridgehead atoms. The van der Waals surface area contributed by atoms with Crippen molar-refractivity contribution in [3.63, 3.8) is 0 Å². The highest BCUT2D eigenvalue weighted by atomic mass is 16.5. The van der Waals surface area contributed by atoms with E-state index < -0.39 is 11.9 Å². The first-order valence-corrected chi connectivity index (χ1v) is 6.30. The first-order valence-electron chi connectivity index (χ1n) is 6.30. The molecule has 116 valence electrons. The number of ether oxygens (including phenoxy) is 2. The molecule has 0 heterocycles. The van der Waals surface area contributed by atoms with Gasteiger partial charge in [0, 0.05) is 12.5 Å². The van der Waals surface area contributed by atoms with Gasteiger partial charge in [0.2, 0.25) is 0 Å². The number of benzene rings is 1. The number of carboxylic acid groups (broad SMARTS) is 2. The highest BCUT2D eigenvalue weighted by molar-refractivity contribution is 6.27. The molecule has 0 amide bonds. The van der Waals surface area contributed by atoms with E-state index in [1.54, 1.807) is 14.2 Å². The van der Waals surface area contributed by atoms with Crippen LogP contribution < -0.4 is 14.8 Å². The third-order valence-electron chi connectivity index (χ3n) is 3.19. The van der Waals surface area contributed by atoms with Crippen LogP contribution in [0.25, 0.3) is 0 Å². The van der Waals surface area contributed by atoms with Crippen molar-refractivity contribution in [2.45, 2.75) is 12.3 Å². The van der Waals surface area contributed by atoms with Gasteiger partial charge in [-0.3, -0.25) is 0 Å². The van der Waals surface area contributed by atoms with Crippen molar-refractivity contribution in [1.29, 1.82) is 0 Å². The Balaban J connectivity index is 0.000000315. The van der Waals surface area contributed by atoms with E-state index in [2.05, 4.69) is 17.4 Å². The third kappa shape index (κ3) is 4.09. The standard InChI is InChI=1S/C12H17NO2.C2H2O4/c1-13-7-9-4-8-5-11(14-2)12(15-3)6-10(8)9;3-1(4)2(5)6/h5-6,9,13H,4,7H2,1-3H3;(H,3,4)(H,5,6)/t9-;/m1./s1. The number of hydrogen-bond donors (Lipinski definition) is 3. The molecule has 3 N–H and O–H groups in total. The van der Waals surface area contributed by atoms with Crippen molar-refractivity contribution in [1.82, 2.24) is 5.32 Å². The minimum atomic E-state index is -1.82. The summed E-state index contributed by atoms with van der Waals surface area (Å²) < 4.78 is 10.5. The van der Waals surface area contributed by atoms with E-state index in [0.29, 0.717) is 5.92 Å². The molecule has 1 aromatic rings. The summed E-state index contributed by atoms with van der Waals surface area (Å²) in [7, 11) is 5.34. The minimum absolute atomic E-state index is 0.629. The highest BCUT2D eigenvalue weighted by Crippen LogP contribution is 2.41. The zero-order valence-electron chi connectivity index (χ0n) is 12.2. The number of hydrogen-bond acceptors (Lipinski definition) is 5. The Morgan fingerprint density at radius 3 is 2.14 bits per heavy atom. The van der Waals surface area contributed by atoms with E-state index in [-0.39, 0.29) is 0 Å². The van der Waals surface area contributed by atoms with Gasteiger partial charge in [-0.15, -0.1) is 0 Å². The molecule has 0 fully saturated rings. The molecule has 0 spiro atoms. The number of rotatable bonds is 4. The normalized spacial score (nSPS) is 14.9. The summed E-state index contributed by atoms with van der Waals surface area (Å²) in [4.78, 5) is 18.2. The zero-order valence-corrected chi connectivity index (χ0v) is 12.2. The SMILES string of the molecule is CNC[C@H]1Cc2cc(OC)c(OC)cc21.O=C(O)C(=O)O. The van der Waals surface area contributed by atoms with Gasteiger partial charge in [-0.05, 0) is 36.7 Å². The van der Waals surface area contributed by atoms with Crippen LogP contribution in [-0.4, -0.2) is 50.0 Å². The summed E-state index contributed by atoms with van der Waals surface area (Å²) in [6.45, 7) is 1.03. The quantitative estimate of drug-likeness (QED) is 0.703. The molecule has 7 nitrogen and oxygen atoms in total. The van der Waals surface area contributed by atoms with Crippen molar-refractivity contribution in [3.8, 4) is 11.5 Å². The Kier molecular flexibility index (Phi) is 5.98. The Morgan fingerprint density at radius 1 is 1.19 bits per heavy atom. The molecular formula is C14H19NO6. The Labute approximate surface area is 122 Å². The number of fused-ring (bicyclic) bond motifs is 1. The van der Waals surface area contributed by atoms with Crippen LogP contribution in [0, 0.1) is 0 Å². The molecule has 0 saturated heterocycles. The highest BCUT2D eigenvalue weighted by Gasteiger charge is 2.27. The number of methoxy groups -OCH3 is 2. The third-order valence-corrected chi connectivity index (χ3v) is 3.19. The molecule has 1 aliphatic rings. The van der Waals surface area contributed by atoms with E-state index in [4.69, 9.17) is 29.3 Å². The van der Waals surface area contributed by atoms with Gasteiger partial charge in [0.15, 0.2) is 11.5 Å². The molecule has 0 aliphatic heterocycles. The summed E-state index contributed by atoms with van der Waals surface area (Å²) in [5.74, 6) is -1.36. The lowest BCUT2D eigenvalue weighted by molar-refractivity contribution is -0.159. The van der Waals surface area contributed by atoms with E-state index in [1.165, 1.54) is 11.1 Å². The van der Waals surface area contributed by atoms with E-state index in [0.717, 1.165) is 24.5 Å². The van der Waals surface area contributed by atoms with Crippen LogP contribution in [0.15, 0.2) is 12.1 Å². The lowest BCUT2D eigenvalue weighted by atomic mass is 9.77. The van der Waals surface area contributed by atoms with Gasteiger partial charge in [-0.25, -0.2) is 9.59 Å². The molecular weight excluding hydrogens is 278 g/mol. The van der Waals surface area contributed by atoms with Crippen LogP contribution in [0.3, 0.4) is 0 Å². The smallest absolute Gasteiger partial charge is 0.414 e. The van der Waals surface area contributed by atoms with E-state index >= 15 is 0 Å². The van der Waals surface area contributed by atoms with Crippen LogP contribution in [0.4, 0.5) is 0 Å². The first kappa shape index (κ1) is 16.8. The molecule has 0 saturated carbocycles. The number of carboxylic acids is 2. The predicted octanol–water partition coefficient (Wildman–Crippen LogP) is 0.718. The number of carbonyl (C=O) groups is 2. The molecule has 1 atom stereocenters. The summed E-state index contributed by atoms with van der Waals surface area (Å²) >= 11 is 0. The van der Waals surface area contributed by atoms with Gasteiger partial charge in [0.1, 0.15) is 0 Å². The lowest BCUT2D eigenvalue weighted by Gasteiger charge is -2.31. The van der Waals surface area contributed by atoms with Gasteiger partial charge in [-0.2, -0.15) is 0 Å². The van der Waals surface area contributed by atoms with Crippen LogP contribution in [-0.2, 0) is 16.0 Å². The van der Waals surface area contributed by atoms with Gasteiger partial charge in [-0.1, -0.05) is 0 Å². The van der Waals surface area contributed by atoms with Gasteiger partial charge >= 0.3 is 11.9 Å². The molecule has 1 aromatic carbocycles. The second kappa shape index (κ2) is 7.49. The van der Waals surface area contributed by atoms with Crippen molar-refractivity contribution in [3.05, 3.63) is 23.3 Å². The van der Waals surface area contributed by atoms with Crippen LogP contribution in [0.1, 0.15) is 17.0 Å². The van der Waals surface area contributed by atoms with Gasteiger partial charge in [0.25, 0.3) is 0 Å². The Bertz CT molecular complexity index is 516. The number of likely N-dealkylation sites (N-methyl/N-ethyl adjacent to an activating group) is 1. The van der Waals surface area contributed by atoms with Crippen molar-refractivity contribution in [2.24, 2.45) is 0 Å². The maximum absolute atomic E-state index is 9.10. The molecule has 21 heavy (non-hydrogen) atoms. The van der Waals surface area contributed by atoms with Crippen LogP contribution >= 0.6 is 0 Å². The second-order valence-electron chi connectivity index (χ2n) is 4.48. The predicted molar refractivity (Wildman–Crippen MR) is 75.2 cm³/mol. The first-order chi connectivity index (χ1) is 9.94. The Morgan fingerprint density at radius 2 is 1.71 bits per heavy atom. The largest absolute Gasteiger partial charge is 0.493 e. The maximum atomic E-state index is 9.10. The van der Waals surface area contributed by atoms with Crippen LogP contribution in [0.5, 0.6) is 11.5 Å². The van der Waals surface area contributed by atoms with Crippen molar-refractivity contribution >= 4 is 11.9 Å². The topological polar surface area (TPSA) is 105 Å². The van der Waals surface area contributed by atoms with Crippen molar-refractivity contribution in [2.75, 3.05) is 27.8 Å². The molecule has 2 rings (SSSR count). The average molecular weight is 297 g/mol. The fourth-order valence-corrected chi connectivity index (χ4v) is 2.17. The van der Waals surface area contributed by atoms with Crippen molar-refractivity contribution < 1.29 is 29.3 Å².